The summed E-state index contributed by atoms with van der Waals surface area (Å²) >= 11 is 2.18. The first-order valence-electron chi connectivity index (χ1n) is 11.6. The fourth-order valence-electron chi connectivity index (χ4n) is 4.33. The molecule has 1 aliphatic rings. The Bertz CT molecular complexity index is 962. The first kappa shape index (κ1) is 24.5. The van der Waals surface area contributed by atoms with Crippen molar-refractivity contribution in [3.63, 3.8) is 0 Å². The van der Waals surface area contributed by atoms with Gasteiger partial charge in [0.1, 0.15) is 0 Å². The topological polar surface area (TPSA) is 49.4 Å². The molecule has 0 amide bonds. The molecular weight excluding hydrogens is 519 g/mol. The summed E-state index contributed by atoms with van der Waals surface area (Å²) in [5.41, 5.74) is 2.61. The second-order valence-electron chi connectivity index (χ2n) is 8.43. The third-order valence-corrected chi connectivity index (χ3v) is 8.64. The third kappa shape index (κ3) is 6.02. The Morgan fingerprint density at radius 1 is 0.903 bits per heavy atom. The lowest BCUT2D eigenvalue weighted by molar-refractivity contribution is 0.529. The number of unbranched alkanes of at least 4 members (excludes halogenated alkanes) is 8. The molecule has 0 spiro atoms. The lowest BCUT2D eigenvalue weighted by Gasteiger charge is -2.22. The number of nitrogens with zero attached hydrogens (tertiary/aromatic N) is 1. The van der Waals surface area contributed by atoms with E-state index >= 15 is 0 Å². The van der Waals surface area contributed by atoms with Crippen molar-refractivity contribution < 1.29 is 8.42 Å². The molecule has 0 saturated carbocycles. The predicted molar refractivity (Wildman–Crippen MR) is 138 cm³/mol. The van der Waals surface area contributed by atoms with E-state index in [1.165, 1.54) is 55.7 Å². The number of rotatable bonds is 11. The van der Waals surface area contributed by atoms with Crippen LogP contribution in [0, 0.1) is 3.57 Å². The molecule has 1 unspecified atom stereocenters. The van der Waals surface area contributed by atoms with E-state index in [9.17, 15) is 8.42 Å². The Morgan fingerprint density at radius 3 is 2.26 bits per heavy atom. The third-order valence-electron chi connectivity index (χ3n) is 6.14. The number of hydrogen-bond acceptors (Lipinski definition) is 3. The fourth-order valence-corrected chi connectivity index (χ4v) is 6.52. The van der Waals surface area contributed by atoms with Gasteiger partial charge in [0, 0.05) is 10.6 Å². The Morgan fingerprint density at radius 2 is 1.55 bits per heavy atom. The van der Waals surface area contributed by atoms with Gasteiger partial charge in [0.25, 0.3) is 10.0 Å². The maximum absolute atomic E-state index is 13.3. The zero-order valence-corrected chi connectivity index (χ0v) is 21.7. The van der Waals surface area contributed by atoms with Crippen molar-refractivity contribution in [2.75, 3.05) is 17.9 Å². The average molecular weight is 555 g/mol. The van der Waals surface area contributed by atoms with Gasteiger partial charge in [-0.05, 0) is 64.9 Å². The van der Waals surface area contributed by atoms with Gasteiger partial charge < -0.3 is 5.32 Å². The number of anilines is 1. The molecule has 1 heterocycles. The maximum Gasteiger partial charge on any atom is 0.264 e. The van der Waals surface area contributed by atoms with Crippen molar-refractivity contribution in [1.82, 2.24) is 5.32 Å². The van der Waals surface area contributed by atoms with Gasteiger partial charge in [0.05, 0.1) is 16.6 Å². The van der Waals surface area contributed by atoms with E-state index in [2.05, 4.69) is 34.8 Å². The molecule has 31 heavy (non-hydrogen) atoms. The number of hydrogen-bond donors (Lipinski definition) is 1. The molecule has 1 N–H and O–H groups in total. The summed E-state index contributed by atoms with van der Waals surface area (Å²) < 4.78 is 29.0. The van der Waals surface area contributed by atoms with Gasteiger partial charge in [-0.3, -0.25) is 4.31 Å². The highest BCUT2D eigenvalue weighted by Crippen LogP contribution is 2.40. The molecule has 6 heteroatoms. The smallest absolute Gasteiger partial charge is 0.264 e. The van der Waals surface area contributed by atoms with Crippen LogP contribution in [0.1, 0.15) is 81.9 Å². The molecule has 0 saturated heterocycles. The van der Waals surface area contributed by atoms with Gasteiger partial charge in [0.2, 0.25) is 0 Å². The quantitative estimate of drug-likeness (QED) is 0.250. The van der Waals surface area contributed by atoms with Crippen molar-refractivity contribution in [3.8, 4) is 0 Å². The normalized spacial score (nSPS) is 17.1. The molecule has 4 nitrogen and oxygen atoms in total. The lowest BCUT2D eigenvalue weighted by atomic mass is 9.96. The number of nitrogens with one attached hydrogen (secondary N) is 1. The summed E-state index contributed by atoms with van der Waals surface area (Å²) in [7, 11) is -1.94. The maximum atomic E-state index is 13.3. The van der Waals surface area contributed by atoms with Crippen molar-refractivity contribution in [2.45, 2.75) is 75.6 Å². The van der Waals surface area contributed by atoms with E-state index in [1.807, 2.05) is 36.4 Å². The molecular formula is C25H35IN2O2S. The summed E-state index contributed by atoms with van der Waals surface area (Å²) in [6, 6.07) is 13.5. The number of sulfonamides is 1. The van der Waals surface area contributed by atoms with Crippen LogP contribution in [-0.2, 0) is 10.0 Å². The second kappa shape index (κ2) is 11.7. The minimum Gasteiger partial charge on any atom is -0.306 e. The highest BCUT2D eigenvalue weighted by atomic mass is 127. The average Bonchev–Trinajstić information content (AvgIpc) is 2.83. The molecule has 1 aliphatic heterocycles. The molecule has 170 valence electrons. The van der Waals surface area contributed by atoms with Crippen LogP contribution in [0.2, 0.25) is 0 Å². The van der Waals surface area contributed by atoms with E-state index in [1.54, 1.807) is 13.1 Å². The molecule has 3 rings (SSSR count). The number of para-hydroxylation sites is 1. The van der Waals surface area contributed by atoms with Gasteiger partial charge in [-0.2, -0.15) is 0 Å². The van der Waals surface area contributed by atoms with Crippen molar-refractivity contribution in [1.29, 1.82) is 0 Å². The molecule has 2 aromatic carbocycles. The fraction of sp³-hybridized carbons (Fsp3) is 0.520. The minimum atomic E-state index is -3.59. The summed E-state index contributed by atoms with van der Waals surface area (Å²) in [5.74, 6) is 0. The predicted octanol–water partition coefficient (Wildman–Crippen LogP) is 6.64. The highest BCUT2D eigenvalue weighted by molar-refractivity contribution is 14.1. The molecule has 1 atom stereocenters. The Kier molecular flexibility index (Phi) is 9.22. The van der Waals surface area contributed by atoms with Crippen LogP contribution in [0.4, 0.5) is 5.69 Å². The molecule has 0 bridgehead atoms. The zero-order chi connectivity index (χ0) is 22.3. The Balaban J connectivity index is 1.68. The molecule has 0 radical (unpaired) electrons. The monoisotopic (exact) mass is 554 g/mol. The lowest BCUT2D eigenvalue weighted by Crippen LogP contribution is -2.26. The van der Waals surface area contributed by atoms with Crippen molar-refractivity contribution in [3.05, 3.63) is 57.2 Å². The van der Waals surface area contributed by atoms with Gasteiger partial charge >= 0.3 is 0 Å². The van der Waals surface area contributed by atoms with E-state index < -0.39 is 10.0 Å². The summed E-state index contributed by atoms with van der Waals surface area (Å²) in [6.07, 6.45) is 11.7. The van der Waals surface area contributed by atoms with Crippen LogP contribution < -0.4 is 9.62 Å². The van der Waals surface area contributed by atoms with E-state index in [-0.39, 0.29) is 6.04 Å². The second-order valence-corrected chi connectivity index (χ2v) is 11.6. The van der Waals surface area contributed by atoms with Crippen LogP contribution in [-0.4, -0.2) is 22.0 Å². The Hall–Kier alpha value is -1.12. The van der Waals surface area contributed by atoms with Crippen LogP contribution in [0.15, 0.2) is 47.4 Å². The highest BCUT2D eigenvalue weighted by Gasteiger charge is 2.34. The molecule has 0 aliphatic carbocycles. The standard InChI is InChI=1S/C25H35IN2O2S/c1-3-4-5-6-7-8-9-10-13-18-27-25-21-14-11-12-15-23(21)28(2)31(29,30)24-19-20(26)16-17-22(24)25/h11-12,14-17,19,25,27H,3-10,13,18H2,1-2H3. The minimum absolute atomic E-state index is 0.128. The van der Waals surface area contributed by atoms with E-state index in [0.717, 1.165) is 33.4 Å². The Labute approximate surface area is 202 Å². The first-order chi connectivity index (χ1) is 15.0. The van der Waals surface area contributed by atoms with Crippen molar-refractivity contribution >= 4 is 38.3 Å². The van der Waals surface area contributed by atoms with Gasteiger partial charge in [-0.25, -0.2) is 8.42 Å². The SMILES string of the molecule is CCCCCCCCCCCNC1c2ccccc2N(C)S(=O)(=O)c2cc(I)ccc21. The molecule has 0 aromatic heterocycles. The summed E-state index contributed by atoms with van der Waals surface area (Å²) in [4.78, 5) is 0.405. The summed E-state index contributed by atoms with van der Waals surface area (Å²) in [6.45, 7) is 3.14. The van der Waals surface area contributed by atoms with Gasteiger partial charge in [-0.1, -0.05) is 82.6 Å². The van der Waals surface area contributed by atoms with Gasteiger partial charge in [0.15, 0.2) is 0 Å². The van der Waals surface area contributed by atoms with Crippen molar-refractivity contribution in [2.24, 2.45) is 0 Å². The number of benzene rings is 2. The summed E-state index contributed by atoms with van der Waals surface area (Å²) in [5, 5.41) is 3.68. The van der Waals surface area contributed by atoms with Crippen LogP contribution in [0.5, 0.6) is 0 Å². The first-order valence-corrected chi connectivity index (χ1v) is 14.1. The zero-order valence-electron chi connectivity index (χ0n) is 18.7. The van der Waals surface area contributed by atoms with E-state index in [4.69, 9.17) is 0 Å². The largest absolute Gasteiger partial charge is 0.306 e. The van der Waals surface area contributed by atoms with E-state index in [0.29, 0.717) is 4.90 Å². The number of fused-ring (bicyclic) bond motifs is 2. The van der Waals surface area contributed by atoms with Crippen LogP contribution in [0.25, 0.3) is 0 Å². The van der Waals surface area contributed by atoms with Crippen LogP contribution >= 0.6 is 22.6 Å². The molecule has 2 aromatic rings. The molecule has 0 fully saturated rings. The number of halogens is 1. The van der Waals surface area contributed by atoms with Crippen LogP contribution in [0.3, 0.4) is 0 Å². The van der Waals surface area contributed by atoms with Gasteiger partial charge in [-0.15, -0.1) is 0 Å².